The third-order valence-corrected chi connectivity index (χ3v) is 5.42. The van der Waals surface area contributed by atoms with E-state index < -0.39 is 0 Å². The highest BCUT2D eigenvalue weighted by atomic mass is 32.2. The number of aromatic nitrogens is 5. The van der Waals surface area contributed by atoms with Crippen molar-refractivity contribution >= 4 is 22.8 Å². The van der Waals surface area contributed by atoms with Gasteiger partial charge in [-0.05, 0) is 31.9 Å². The summed E-state index contributed by atoms with van der Waals surface area (Å²) in [4.78, 5) is 4.52. The van der Waals surface area contributed by atoms with Gasteiger partial charge in [-0.2, -0.15) is 0 Å². The Kier molecular flexibility index (Phi) is 4.33. The van der Waals surface area contributed by atoms with Gasteiger partial charge in [0.05, 0.1) is 11.3 Å². The van der Waals surface area contributed by atoms with Crippen molar-refractivity contribution in [3.05, 3.63) is 48.3 Å². The molecule has 0 N–H and O–H groups in total. The average Bonchev–Trinajstić information content (AvgIpc) is 3.27. The van der Waals surface area contributed by atoms with Gasteiger partial charge >= 0.3 is 0 Å². The van der Waals surface area contributed by atoms with Crippen LogP contribution < -0.4 is 0 Å². The molecule has 130 valence electrons. The van der Waals surface area contributed by atoms with Gasteiger partial charge < -0.3 is 9.13 Å². The molecule has 1 aromatic carbocycles. The van der Waals surface area contributed by atoms with Gasteiger partial charge in [-0.1, -0.05) is 23.9 Å². The van der Waals surface area contributed by atoms with E-state index in [-0.39, 0.29) is 5.82 Å². The summed E-state index contributed by atoms with van der Waals surface area (Å²) in [7, 11) is 0. The van der Waals surface area contributed by atoms with Crippen LogP contribution in [0, 0.1) is 5.82 Å². The second kappa shape index (κ2) is 6.63. The Labute approximate surface area is 150 Å². The van der Waals surface area contributed by atoms with E-state index in [1.54, 1.807) is 17.8 Å². The maximum Gasteiger partial charge on any atom is 0.191 e. The van der Waals surface area contributed by atoms with Crippen LogP contribution in [0.1, 0.15) is 37.3 Å². The second-order valence-electron chi connectivity index (χ2n) is 6.18. The lowest BCUT2D eigenvalue weighted by molar-refractivity contribution is 0.637. The molecule has 1 aliphatic carbocycles. The van der Waals surface area contributed by atoms with E-state index in [0.717, 1.165) is 28.9 Å². The summed E-state index contributed by atoms with van der Waals surface area (Å²) in [5, 5.41) is 9.59. The number of hydrogen-bond donors (Lipinski definition) is 0. The summed E-state index contributed by atoms with van der Waals surface area (Å²) in [5.41, 5.74) is 1.27. The van der Waals surface area contributed by atoms with E-state index in [4.69, 9.17) is 0 Å². The molecule has 0 radical (unpaired) electrons. The van der Waals surface area contributed by atoms with Crippen LogP contribution in [0.5, 0.6) is 0 Å². The second-order valence-corrected chi connectivity index (χ2v) is 7.13. The molecule has 1 fully saturated rings. The molecule has 3 aromatic rings. The van der Waals surface area contributed by atoms with Crippen molar-refractivity contribution in [3.8, 4) is 0 Å². The Morgan fingerprint density at radius 2 is 2.16 bits per heavy atom. The van der Waals surface area contributed by atoms with Gasteiger partial charge in [-0.15, -0.1) is 16.8 Å². The van der Waals surface area contributed by atoms with Crippen LogP contribution in [0.15, 0.2) is 36.0 Å². The highest BCUT2D eigenvalue weighted by molar-refractivity contribution is 7.98. The van der Waals surface area contributed by atoms with Gasteiger partial charge in [0.25, 0.3) is 0 Å². The number of nitrogens with zero attached hydrogens (tertiary/aromatic N) is 5. The monoisotopic (exact) mass is 357 g/mol. The minimum absolute atomic E-state index is 0.276. The zero-order chi connectivity index (χ0) is 17.4. The molecule has 0 aliphatic heterocycles. The van der Waals surface area contributed by atoms with E-state index in [1.165, 1.54) is 18.9 Å². The van der Waals surface area contributed by atoms with Crippen molar-refractivity contribution < 1.29 is 4.39 Å². The number of fused-ring (bicyclic) bond motifs is 1. The molecule has 4 rings (SSSR count). The number of allylic oxidation sites excluding steroid dienone is 1. The molecule has 2 heterocycles. The molecule has 1 aliphatic rings. The summed E-state index contributed by atoms with van der Waals surface area (Å²) in [5.74, 6) is 2.80. The molecule has 0 unspecified atom stereocenters. The Morgan fingerprint density at radius 1 is 1.32 bits per heavy atom. The van der Waals surface area contributed by atoms with Crippen LogP contribution in [0.3, 0.4) is 0 Å². The highest BCUT2D eigenvalue weighted by Crippen LogP contribution is 2.40. The largest absolute Gasteiger partial charge is 0.327 e. The molecular weight excluding hydrogens is 337 g/mol. The lowest BCUT2D eigenvalue weighted by Crippen LogP contribution is -2.04. The lowest BCUT2D eigenvalue weighted by Gasteiger charge is -2.08. The van der Waals surface area contributed by atoms with Crippen molar-refractivity contribution in [1.82, 2.24) is 24.3 Å². The van der Waals surface area contributed by atoms with E-state index in [1.807, 2.05) is 19.1 Å². The fourth-order valence-electron chi connectivity index (χ4n) is 3.10. The van der Waals surface area contributed by atoms with Crippen molar-refractivity contribution in [2.24, 2.45) is 0 Å². The fourth-order valence-corrected chi connectivity index (χ4v) is 4.01. The molecule has 1 saturated carbocycles. The number of hydrogen-bond acceptors (Lipinski definition) is 4. The summed E-state index contributed by atoms with van der Waals surface area (Å²) >= 11 is 1.59. The minimum atomic E-state index is -0.276. The van der Waals surface area contributed by atoms with E-state index >= 15 is 0 Å². The Morgan fingerprint density at radius 3 is 2.88 bits per heavy atom. The molecule has 25 heavy (non-hydrogen) atoms. The Hall–Kier alpha value is -2.15. The molecule has 0 bridgehead atoms. The molecule has 7 heteroatoms. The van der Waals surface area contributed by atoms with Crippen LogP contribution in [0.25, 0.3) is 11.0 Å². The van der Waals surface area contributed by atoms with Crippen molar-refractivity contribution in [1.29, 1.82) is 0 Å². The van der Waals surface area contributed by atoms with Gasteiger partial charge in [0.15, 0.2) is 11.0 Å². The maximum absolute atomic E-state index is 14.0. The molecule has 0 atom stereocenters. The van der Waals surface area contributed by atoms with Crippen LogP contribution in [0.4, 0.5) is 4.39 Å². The van der Waals surface area contributed by atoms with E-state index in [0.29, 0.717) is 23.7 Å². The van der Waals surface area contributed by atoms with Gasteiger partial charge in [0, 0.05) is 19.0 Å². The smallest absolute Gasteiger partial charge is 0.191 e. The van der Waals surface area contributed by atoms with Crippen LogP contribution in [0.2, 0.25) is 0 Å². The quantitative estimate of drug-likeness (QED) is 0.471. The van der Waals surface area contributed by atoms with Crippen molar-refractivity contribution in [3.63, 3.8) is 0 Å². The van der Waals surface area contributed by atoms with Gasteiger partial charge in [0.2, 0.25) is 0 Å². The van der Waals surface area contributed by atoms with Crippen LogP contribution >= 0.6 is 11.8 Å². The van der Waals surface area contributed by atoms with Crippen molar-refractivity contribution in [2.45, 2.75) is 49.7 Å². The Balaban J connectivity index is 1.62. The summed E-state index contributed by atoms with van der Waals surface area (Å²) in [6, 6.07) is 5.09. The summed E-state index contributed by atoms with van der Waals surface area (Å²) in [6.45, 7) is 7.35. The fraction of sp³-hybridized carbons (Fsp3) is 0.389. The summed E-state index contributed by atoms with van der Waals surface area (Å²) in [6.07, 6.45) is 4.24. The van der Waals surface area contributed by atoms with Gasteiger partial charge in [-0.25, -0.2) is 9.37 Å². The standard InChI is InChI=1S/C18H20FN5S/c1-3-10-24-17(12-8-9-12)21-22-18(24)25-11-15-20-16-13(19)6-5-7-14(16)23(15)4-2/h3,5-7,12H,1,4,8-11H2,2H3. The topological polar surface area (TPSA) is 48.5 Å². The predicted octanol–water partition coefficient (Wildman–Crippen LogP) is 4.14. The molecular formula is C18H20FN5S. The number of halogens is 1. The van der Waals surface area contributed by atoms with Crippen LogP contribution in [-0.2, 0) is 18.8 Å². The number of benzene rings is 1. The maximum atomic E-state index is 14.0. The predicted molar refractivity (Wildman–Crippen MR) is 97.1 cm³/mol. The number of thioether (sulfide) groups is 1. The zero-order valence-electron chi connectivity index (χ0n) is 14.2. The SMILES string of the molecule is C=CCn1c(SCc2nc3c(F)cccc3n2CC)nnc1C1CC1. The normalized spacial score (nSPS) is 14.3. The highest BCUT2D eigenvalue weighted by Gasteiger charge is 2.30. The first-order chi connectivity index (χ1) is 12.2. The molecule has 2 aromatic heterocycles. The lowest BCUT2D eigenvalue weighted by atomic mass is 10.3. The first-order valence-corrected chi connectivity index (χ1v) is 9.52. The van der Waals surface area contributed by atoms with Gasteiger partial charge in [0.1, 0.15) is 17.2 Å². The van der Waals surface area contributed by atoms with Crippen LogP contribution in [-0.4, -0.2) is 24.3 Å². The number of rotatable bonds is 7. The average molecular weight is 357 g/mol. The molecule has 0 spiro atoms. The number of aryl methyl sites for hydroxylation is 1. The molecule has 0 amide bonds. The minimum Gasteiger partial charge on any atom is -0.327 e. The first kappa shape index (κ1) is 16.3. The van der Waals surface area contributed by atoms with Gasteiger partial charge in [-0.3, -0.25) is 0 Å². The molecule has 0 saturated heterocycles. The summed E-state index contributed by atoms with van der Waals surface area (Å²) < 4.78 is 18.2. The van der Waals surface area contributed by atoms with E-state index in [2.05, 4.69) is 30.9 Å². The third kappa shape index (κ3) is 2.97. The zero-order valence-corrected chi connectivity index (χ0v) is 15.0. The number of imidazole rings is 1. The third-order valence-electron chi connectivity index (χ3n) is 4.45. The first-order valence-electron chi connectivity index (χ1n) is 8.53. The Bertz CT molecular complexity index is 925. The molecule has 5 nitrogen and oxygen atoms in total. The van der Waals surface area contributed by atoms with Crippen molar-refractivity contribution in [2.75, 3.05) is 0 Å². The van der Waals surface area contributed by atoms with E-state index in [9.17, 15) is 4.39 Å². The number of para-hydroxylation sites is 1.